The van der Waals surface area contributed by atoms with Crippen LogP contribution in [0.15, 0.2) is 47.8 Å². The van der Waals surface area contributed by atoms with Gasteiger partial charge in [0.15, 0.2) is 0 Å². The second-order valence-electron chi connectivity index (χ2n) is 4.57. The number of methoxy groups -OCH3 is 1. The van der Waals surface area contributed by atoms with Crippen LogP contribution in [0.1, 0.15) is 16.7 Å². The number of aliphatic hydroxyl groups is 1. The highest BCUT2D eigenvalue weighted by molar-refractivity contribution is 7.10. The van der Waals surface area contributed by atoms with Gasteiger partial charge in [-0.2, -0.15) is 0 Å². The largest absolute Gasteiger partial charge is 0.495 e. The van der Waals surface area contributed by atoms with E-state index < -0.39 is 6.10 Å². The van der Waals surface area contributed by atoms with Crippen molar-refractivity contribution in [3.63, 3.8) is 0 Å². The SMILES string of the molecule is COc1ccsc1C(O)Cc1ccc2ccccc2n1. The van der Waals surface area contributed by atoms with Crippen LogP contribution >= 0.6 is 11.3 Å². The van der Waals surface area contributed by atoms with Gasteiger partial charge in [-0.05, 0) is 23.6 Å². The van der Waals surface area contributed by atoms with Crippen LogP contribution in [0.3, 0.4) is 0 Å². The second kappa shape index (κ2) is 5.61. The number of rotatable bonds is 4. The topological polar surface area (TPSA) is 42.4 Å². The van der Waals surface area contributed by atoms with E-state index >= 15 is 0 Å². The van der Waals surface area contributed by atoms with Gasteiger partial charge in [-0.15, -0.1) is 11.3 Å². The first-order valence-corrected chi connectivity index (χ1v) is 7.30. The van der Waals surface area contributed by atoms with Crippen molar-refractivity contribution in [1.29, 1.82) is 0 Å². The van der Waals surface area contributed by atoms with Crippen LogP contribution in [-0.2, 0) is 6.42 Å². The van der Waals surface area contributed by atoms with Crippen LogP contribution in [0.2, 0.25) is 0 Å². The van der Waals surface area contributed by atoms with Crippen LogP contribution in [0.4, 0.5) is 0 Å². The number of aliphatic hydroxyl groups excluding tert-OH is 1. The zero-order valence-electron chi connectivity index (χ0n) is 11.1. The summed E-state index contributed by atoms with van der Waals surface area (Å²) in [5.41, 5.74) is 1.84. The number of fused-ring (bicyclic) bond motifs is 1. The molecule has 0 radical (unpaired) electrons. The lowest BCUT2D eigenvalue weighted by molar-refractivity contribution is 0.177. The molecule has 1 atom stereocenters. The summed E-state index contributed by atoms with van der Waals surface area (Å²) < 4.78 is 5.24. The van der Waals surface area contributed by atoms with Crippen LogP contribution in [0.25, 0.3) is 10.9 Å². The van der Waals surface area contributed by atoms with E-state index in [4.69, 9.17) is 4.74 Å². The molecular formula is C16H15NO2S. The molecule has 20 heavy (non-hydrogen) atoms. The van der Waals surface area contributed by atoms with Crippen molar-refractivity contribution in [2.24, 2.45) is 0 Å². The maximum Gasteiger partial charge on any atom is 0.135 e. The lowest BCUT2D eigenvalue weighted by Crippen LogP contribution is -2.03. The second-order valence-corrected chi connectivity index (χ2v) is 5.52. The van der Waals surface area contributed by atoms with E-state index in [2.05, 4.69) is 4.98 Å². The highest BCUT2D eigenvalue weighted by Crippen LogP contribution is 2.32. The number of benzene rings is 1. The van der Waals surface area contributed by atoms with E-state index in [0.717, 1.165) is 27.2 Å². The predicted molar refractivity (Wildman–Crippen MR) is 81.3 cm³/mol. The van der Waals surface area contributed by atoms with Crippen LogP contribution in [0, 0.1) is 0 Å². The molecule has 3 nitrogen and oxygen atoms in total. The average molecular weight is 285 g/mol. The molecule has 0 saturated heterocycles. The van der Waals surface area contributed by atoms with Gasteiger partial charge in [-0.3, -0.25) is 4.98 Å². The lowest BCUT2D eigenvalue weighted by atomic mass is 10.1. The molecule has 1 N–H and O–H groups in total. The van der Waals surface area contributed by atoms with Gasteiger partial charge in [0.05, 0.1) is 23.6 Å². The molecule has 0 spiro atoms. The minimum atomic E-state index is -0.585. The number of aromatic nitrogens is 1. The molecule has 102 valence electrons. The van der Waals surface area contributed by atoms with Crippen LogP contribution in [0.5, 0.6) is 5.75 Å². The number of thiophene rings is 1. The minimum Gasteiger partial charge on any atom is -0.495 e. The van der Waals surface area contributed by atoms with Gasteiger partial charge in [0.1, 0.15) is 5.75 Å². The van der Waals surface area contributed by atoms with Gasteiger partial charge in [-0.25, -0.2) is 0 Å². The number of para-hydroxylation sites is 1. The van der Waals surface area contributed by atoms with Crippen molar-refractivity contribution in [2.75, 3.05) is 7.11 Å². The molecule has 2 heterocycles. The highest BCUT2D eigenvalue weighted by atomic mass is 32.1. The Labute approximate surface area is 121 Å². The Balaban J connectivity index is 1.85. The molecule has 4 heteroatoms. The van der Waals surface area contributed by atoms with E-state index in [1.54, 1.807) is 7.11 Å². The fourth-order valence-electron chi connectivity index (χ4n) is 2.23. The molecule has 0 aliphatic heterocycles. The van der Waals surface area contributed by atoms with Gasteiger partial charge in [0.2, 0.25) is 0 Å². The number of hydrogen-bond donors (Lipinski definition) is 1. The molecule has 0 aliphatic rings. The first kappa shape index (κ1) is 13.1. The molecule has 0 amide bonds. The molecule has 0 fully saturated rings. The number of pyridine rings is 1. The summed E-state index contributed by atoms with van der Waals surface area (Å²) in [5, 5.41) is 13.4. The molecule has 0 aliphatic carbocycles. The molecule has 1 aromatic carbocycles. The van der Waals surface area contributed by atoms with Gasteiger partial charge in [0, 0.05) is 17.5 Å². The first-order valence-electron chi connectivity index (χ1n) is 6.42. The van der Waals surface area contributed by atoms with E-state index in [1.165, 1.54) is 11.3 Å². The number of nitrogens with zero attached hydrogens (tertiary/aromatic N) is 1. The van der Waals surface area contributed by atoms with E-state index in [1.807, 2.05) is 47.8 Å². The van der Waals surface area contributed by atoms with E-state index in [-0.39, 0.29) is 0 Å². The van der Waals surface area contributed by atoms with Crippen molar-refractivity contribution in [3.05, 3.63) is 58.4 Å². The predicted octanol–water partition coefficient (Wildman–Crippen LogP) is 3.58. The highest BCUT2D eigenvalue weighted by Gasteiger charge is 2.16. The summed E-state index contributed by atoms with van der Waals surface area (Å²) in [4.78, 5) is 5.43. The summed E-state index contributed by atoms with van der Waals surface area (Å²) >= 11 is 1.50. The fourth-order valence-corrected chi connectivity index (χ4v) is 3.08. The standard InChI is InChI=1S/C16H15NO2S/c1-19-15-8-9-20-16(15)14(18)10-12-7-6-11-4-2-3-5-13(11)17-12/h2-9,14,18H,10H2,1H3. The Morgan fingerprint density at radius 3 is 2.90 bits per heavy atom. The zero-order chi connectivity index (χ0) is 13.9. The van der Waals surface area contributed by atoms with Crippen molar-refractivity contribution in [2.45, 2.75) is 12.5 Å². The maximum absolute atomic E-state index is 10.3. The Bertz CT molecular complexity index is 723. The van der Waals surface area contributed by atoms with Gasteiger partial charge in [-0.1, -0.05) is 24.3 Å². The van der Waals surface area contributed by atoms with E-state index in [0.29, 0.717) is 6.42 Å². The molecule has 1 unspecified atom stereocenters. The van der Waals surface area contributed by atoms with Crippen molar-refractivity contribution < 1.29 is 9.84 Å². The summed E-state index contributed by atoms with van der Waals surface area (Å²) in [6.07, 6.45) is -0.0968. The normalized spacial score (nSPS) is 12.5. The van der Waals surface area contributed by atoms with Crippen molar-refractivity contribution >= 4 is 22.2 Å². The Morgan fingerprint density at radius 2 is 2.05 bits per heavy atom. The third kappa shape index (κ3) is 2.53. The quantitative estimate of drug-likeness (QED) is 0.796. The zero-order valence-corrected chi connectivity index (χ0v) is 11.9. The average Bonchev–Trinajstić information content (AvgIpc) is 2.95. The van der Waals surface area contributed by atoms with Crippen molar-refractivity contribution in [3.8, 4) is 5.75 Å². The molecule has 3 rings (SSSR count). The summed E-state index contributed by atoms with van der Waals surface area (Å²) in [6, 6.07) is 13.9. The van der Waals surface area contributed by atoms with Crippen molar-refractivity contribution in [1.82, 2.24) is 4.98 Å². The molecule has 0 bridgehead atoms. The molecule has 3 aromatic rings. The van der Waals surface area contributed by atoms with Gasteiger partial charge >= 0.3 is 0 Å². The lowest BCUT2D eigenvalue weighted by Gasteiger charge is -2.11. The Morgan fingerprint density at radius 1 is 1.20 bits per heavy atom. The molecular weight excluding hydrogens is 270 g/mol. The third-order valence-electron chi connectivity index (χ3n) is 3.24. The Kier molecular flexibility index (Phi) is 3.67. The first-order chi connectivity index (χ1) is 9.78. The summed E-state index contributed by atoms with van der Waals surface area (Å²) in [7, 11) is 1.62. The minimum absolute atomic E-state index is 0.488. The van der Waals surface area contributed by atoms with Gasteiger partial charge in [0.25, 0.3) is 0 Å². The molecule has 0 saturated carbocycles. The van der Waals surface area contributed by atoms with Crippen LogP contribution < -0.4 is 4.74 Å². The smallest absolute Gasteiger partial charge is 0.135 e. The number of hydrogen-bond acceptors (Lipinski definition) is 4. The van der Waals surface area contributed by atoms with Gasteiger partial charge < -0.3 is 9.84 Å². The van der Waals surface area contributed by atoms with Crippen LogP contribution in [-0.4, -0.2) is 17.2 Å². The summed E-state index contributed by atoms with van der Waals surface area (Å²) in [5.74, 6) is 0.739. The number of ether oxygens (including phenoxy) is 1. The summed E-state index contributed by atoms with van der Waals surface area (Å²) in [6.45, 7) is 0. The van der Waals surface area contributed by atoms with E-state index in [9.17, 15) is 5.11 Å². The fraction of sp³-hybridized carbons (Fsp3) is 0.188. The molecule has 2 aromatic heterocycles. The third-order valence-corrected chi connectivity index (χ3v) is 4.24. The Hall–Kier alpha value is -1.91. The monoisotopic (exact) mass is 285 g/mol. The maximum atomic E-state index is 10.3.